The molecule has 5 nitrogen and oxygen atoms in total. The minimum absolute atomic E-state index is 0.0412. The van der Waals surface area contributed by atoms with Gasteiger partial charge in [0.25, 0.3) is 5.91 Å². The van der Waals surface area contributed by atoms with Crippen molar-refractivity contribution in [2.75, 3.05) is 19.8 Å². The molecule has 1 heterocycles. The second kappa shape index (κ2) is 6.21. The lowest BCUT2D eigenvalue weighted by molar-refractivity contribution is 0.0707. The summed E-state index contributed by atoms with van der Waals surface area (Å²) in [6, 6.07) is 1.80. The molecule has 1 saturated carbocycles. The third-order valence-electron chi connectivity index (χ3n) is 2.92. The Bertz CT molecular complexity index is 463. The van der Waals surface area contributed by atoms with Crippen molar-refractivity contribution in [2.24, 2.45) is 0 Å². The van der Waals surface area contributed by atoms with Gasteiger partial charge in [-0.1, -0.05) is 11.6 Å². The lowest BCUT2D eigenvalue weighted by Gasteiger charge is -2.21. The molecule has 104 valence electrons. The van der Waals surface area contributed by atoms with Gasteiger partial charge in [-0.2, -0.15) is 0 Å². The summed E-state index contributed by atoms with van der Waals surface area (Å²) in [5, 5.41) is 9.35. The van der Waals surface area contributed by atoms with E-state index >= 15 is 0 Å². The summed E-state index contributed by atoms with van der Waals surface area (Å²) >= 11 is 6.02. The van der Waals surface area contributed by atoms with Crippen molar-refractivity contribution in [1.29, 1.82) is 0 Å². The van der Waals surface area contributed by atoms with Crippen molar-refractivity contribution in [3.05, 3.63) is 22.8 Å². The van der Waals surface area contributed by atoms with Gasteiger partial charge in [0.15, 0.2) is 0 Å². The number of ether oxygens (including phenoxy) is 1. The number of hydrogen-bond acceptors (Lipinski definition) is 4. The average molecular weight is 285 g/mol. The number of nitrogens with zero attached hydrogens (tertiary/aromatic N) is 2. The van der Waals surface area contributed by atoms with E-state index in [0.717, 1.165) is 12.8 Å². The SMILES string of the molecule is CCOc1ncc(C(=O)N(CCO)C2CC2)cc1Cl. The molecule has 0 spiro atoms. The maximum absolute atomic E-state index is 12.3. The Morgan fingerprint density at radius 2 is 2.37 bits per heavy atom. The van der Waals surface area contributed by atoms with E-state index in [1.807, 2.05) is 6.92 Å². The molecule has 6 heteroatoms. The first-order valence-corrected chi connectivity index (χ1v) is 6.75. The van der Waals surface area contributed by atoms with Crippen LogP contribution >= 0.6 is 11.6 Å². The van der Waals surface area contributed by atoms with Gasteiger partial charge in [0.05, 0.1) is 18.8 Å². The average Bonchev–Trinajstić information content (AvgIpc) is 3.22. The van der Waals surface area contributed by atoms with Gasteiger partial charge in [-0.3, -0.25) is 4.79 Å². The highest BCUT2D eigenvalue weighted by atomic mass is 35.5. The van der Waals surface area contributed by atoms with Crippen LogP contribution in [0.3, 0.4) is 0 Å². The van der Waals surface area contributed by atoms with Crippen molar-refractivity contribution in [3.8, 4) is 5.88 Å². The lowest BCUT2D eigenvalue weighted by atomic mass is 10.2. The number of aliphatic hydroxyl groups is 1. The zero-order valence-electron chi connectivity index (χ0n) is 10.8. The van der Waals surface area contributed by atoms with E-state index in [9.17, 15) is 4.79 Å². The van der Waals surface area contributed by atoms with Crippen molar-refractivity contribution in [3.63, 3.8) is 0 Å². The van der Waals surface area contributed by atoms with Crippen LogP contribution in [0.4, 0.5) is 0 Å². The van der Waals surface area contributed by atoms with Crippen LogP contribution in [0.25, 0.3) is 0 Å². The van der Waals surface area contributed by atoms with Crippen LogP contribution in [-0.2, 0) is 0 Å². The molecule has 2 rings (SSSR count). The van der Waals surface area contributed by atoms with Gasteiger partial charge in [-0.05, 0) is 25.8 Å². The van der Waals surface area contributed by atoms with E-state index < -0.39 is 0 Å². The van der Waals surface area contributed by atoms with Crippen LogP contribution in [0, 0.1) is 0 Å². The number of rotatable bonds is 6. The van der Waals surface area contributed by atoms with Gasteiger partial charge < -0.3 is 14.7 Å². The molecule has 1 amide bonds. The highest BCUT2D eigenvalue weighted by molar-refractivity contribution is 6.32. The van der Waals surface area contributed by atoms with Crippen molar-refractivity contribution in [1.82, 2.24) is 9.88 Å². The van der Waals surface area contributed by atoms with Gasteiger partial charge in [0.2, 0.25) is 5.88 Å². The minimum atomic E-state index is -0.144. The zero-order chi connectivity index (χ0) is 13.8. The predicted octanol–water partition coefficient (Wildman–Crippen LogP) is 1.73. The summed E-state index contributed by atoms with van der Waals surface area (Å²) < 4.78 is 5.23. The molecule has 0 radical (unpaired) electrons. The first kappa shape index (κ1) is 14.1. The Morgan fingerprint density at radius 1 is 1.63 bits per heavy atom. The van der Waals surface area contributed by atoms with Crippen LogP contribution in [0.1, 0.15) is 30.1 Å². The van der Waals surface area contributed by atoms with Crippen molar-refractivity contribution in [2.45, 2.75) is 25.8 Å². The summed E-state index contributed by atoms with van der Waals surface area (Å²) in [4.78, 5) is 18.0. The molecule has 0 bridgehead atoms. The fourth-order valence-electron chi connectivity index (χ4n) is 1.89. The fourth-order valence-corrected chi connectivity index (χ4v) is 2.12. The van der Waals surface area contributed by atoms with Gasteiger partial charge >= 0.3 is 0 Å². The second-order valence-electron chi connectivity index (χ2n) is 4.40. The molecular formula is C13H17ClN2O3. The highest BCUT2D eigenvalue weighted by Crippen LogP contribution is 2.29. The number of hydrogen-bond donors (Lipinski definition) is 1. The standard InChI is InChI=1S/C13H17ClN2O3/c1-2-19-12-11(14)7-9(8-15-12)13(18)16(5-6-17)10-3-4-10/h7-8,10,17H,2-6H2,1H3. The molecule has 1 N–H and O–H groups in total. The monoisotopic (exact) mass is 284 g/mol. The maximum atomic E-state index is 12.3. The van der Waals surface area contributed by atoms with E-state index in [1.165, 1.54) is 6.20 Å². The third kappa shape index (κ3) is 3.36. The maximum Gasteiger partial charge on any atom is 0.255 e. The Balaban J connectivity index is 2.15. The first-order chi connectivity index (χ1) is 9.17. The molecule has 1 aromatic rings. The summed E-state index contributed by atoms with van der Waals surface area (Å²) in [5.41, 5.74) is 0.425. The molecule has 19 heavy (non-hydrogen) atoms. The van der Waals surface area contributed by atoms with Crippen LogP contribution in [0.2, 0.25) is 5.02 Å². The summed E-state index contributed by atoms with van der Waals surface area (Å²) in [6.07, 6.45) is 3.44. The summed E-state index contributed by atoms with van der Waals surface area (Å²) in [7, 11) is 0. The molecule has 1 fully saturated rings. The Morgan fingerprint density at radius 3 is 2.89 bits per heavy atom. The number of amides is 1. The molecule has 0 saturated heterocycles. The largest absolute Gasteiger partial charge is 0.477 e. The molecule has 0 unspecified atom stereocenters. The first-order valence-electron chi connectivity index (χ1n) is 6.37. The smallest absolute Gasteiger partial charge is 0.255 e. The van der Waals surface area contributed by atoms with E-state index in [1.54, 1.807) is 11.0 Å². The Kier molecular flexibility index (Phi) is 4.61. The van der Waals surface area contributed by atoms with Crippen molar-refractivity contribution >= 4 is 17.5 Å². The molecule has 1 aliphatic rings. The number of carbonyl (C=O) groups is 1. The fraction of sp³-hybridized carbons (Fsp3) is 0.538. The van der Waals surface area contributed by atoms with E-state index in [0.29, 0.717) is 29.6 Å². The van der Waals surface area contributed by atoms with Gasteiger partial charge in [0.1, 0.15) is 5.02 Å². The Labute approximate surface area is 117 Å². The van der Waals surface area contributed by atoms with Crippen molar-refractivity contribution < 1.29 is 14.6 Å². The normalized spacial score (nSPS) is 14.3. The van der Waals surface area contributed by atoms with Crippen LogP contribution in [-0.4, -0.2) is 46.7 Å². The van der Waals surface area contributed by atoms with E-state index in [2.05, 4.69) is 4.98 Å². The molecule has 1 aliphatic carbocycles. The van der Waals surface area contributed by atoms with E-state index in [4.69, 9.17) is 21.4 Å². The number of pyridine rings is 1. The molecule has 0 aliphatic heterocycles. The number of aromatic nitrogens is 1. The van der Waals surface area contributed by atoms with Crippen LogP contribution in [0.5, 0.6) is 5.88 Å². The Hall–Kier alpha value is -1.33. The number of aliphatic hydroxyl groups excluding tert-OH is 1. The van der Waals surface area contributed by atoms with E-state index in [-0.39, 0.29) is 18.6 Å². The zero-order valence-corrected chi connectivity index (χ0v) is 11.6. The molecular weight excluding hydrogens is 268 g/mol. The summed E-state index contributed by atoms with van der Waals surface area (Å²) in [6.45, 7) is 2.61. The van der Waals surface area contributed by atoms with Crippen LogP contribution < -0.4 is 4.74 Å². The number of halogens is 1. The van der Waals surface area contributed by atoms with Gasteiger partial charge in [-0.25, -0.2) is 4.98 Å². The summed E-state index contributed by atoms with van der Waals surface area (Å²) in [5.74, 6) is 0.190. The lowest BCUT2D eigenvalue weighted by Crippen LogP contribution is -2.35. The third-order valence-corrected chi connectivity index (χ3v) is 3.20. The minimum Gasteiger partial charge on any atom is -0.477 e. The number of carbonyl (C=O) groups excluding carboxylic acids is 1. The predicted molar refractivity (Wildman–Crippen MR) is 71.6 cm³/mol. The van der Waals surface area contributed by atoms with Crippen LogP contribution in [0.15, 0.2) is 12.3 Å². The quantitative estimate of drug-likeness (QED) is 0.864. The molecule has 0 atom stereocenters. The topological polar surface area (TPSA) is 62.7 Å². The van der Waals surface area contributed by atoms with Gasteiger partial charge in [0, 0.05) is 18.8 Å². The molecule has 0 aromatic carbocycles. The molecule has 1 aromatic heterocycles. The second-order valence-corrected chi connectivity index (χ2v) is 4.80. The van der Waals surface area contributed by atoms with Gasteiger partial charge in [-0.15, -0.1) is 0 Å². The highest BCUT2D eigenvalue weighted by Gasteiger charge is 2.32.